The van der Waals surface area contributed by atoms with Crippen molar-refractivity contribution in [1.82, 2.24) is 4.98 Å². The van der Waals surface area contributed by atoms with Crippen molar-refractivity contribution in [2.24, 2.45) is 0 Å². The molecule has 0 bridgehead atoms. The molecule has 0 radical (unpaired) electrons. The van der Waals surface area contributed by atoms with Crippen molar-refractivity contribution in [1.29, 1.82) is 0 Å². The van der Waals surface area contributed by atoms with Gasteiger partial charge in [-0.3, -0.25) is 19.5 Å². The van der Waals surface area contributed by atoms with Crippen LogP contribution in [0.3, 0.4) is 0 Å². The molecular formula is C24H18N2O5. The van der Waals surface area contributed by atoms with Gasteiger partial charge in [0.15, 0.2) is 11.5 Å². The van der Waals surface area contributed by atoms with E-state index in [9.17, 15) is 14.7 Å². The molecular weight excluding hydrogens is 396 g/mol. The fourth-order valence-electron chi connectivity index (χ4n) is 3.86. The van der Waals surface area contributed by atoms with Gasteiger partial charge in [-0.25, -0.2) is 0 Å². The molecule has 5 rings (SSSR count). The van der Waals surface area contributed by atoms with Crippen molar-refractivity contribution in [3.8, 4) is 11.5 Å². The van der Waals surface area contributed by atoms with E-state index in [2.05, 4.69) is 4.98 Å². The Labute approximate surface area is 178 Å². The molecule has 2 aromatic carbocycles. The number of aliphatic hydroxyl groups is 1. The van der Waals surface area contributed by atoms with Crippen molar-refractivity contribution in [3.63, 3.8) is 0 Å². The standard InChI is InChI=1S/C24H18N2O5/c1-14-2-4-16(5-3-14)22(27)20-21(15-8-10-25-11-9-15)26(24(29)23(20)28)17-6-7-18-19(12-17)31-13-30-18/h2-12,21,27H,13H2,1H3/b22-20+. The molecule has 154 valence electrons. The van der Waals surface area contributed by atoms with E-state index in [-0.39, 0.29) is 18.1 Å². The van der Waals surface area contributed by atoms with E-state index in [0.717, 1.165) is 5.56 Å². The Morgan fingerprint density at radius 3 is 2.45 bits per heavy atom. The first-order valence-corrected chi connectivity index (χ1v) is 9.72. The number of aromatic nitrogens is 1. The molecule has 1 atom stereocenters. The lowest BCUT2D eigenvalue weighted by Crippen LogP contribution is -2.29. The van der Waals surface area contributed by atoms with Gasteiger partial charge >= 0.3 is 0 Å². The number of aliphatic hydroxyl groups excluding tert-OH is 1. The summed E-state index contributed by atoms with van der Waals surface area (Å²) in [6.45, 7) is 2.03. The molecule has 0 aliphatic carbocycles. The Kier molecular flexibility index (Phi) is 4.43. The fourth-order valence-corrected chi connectivity index (χ4v) is 3.86. The molecule has 1 amide bonds. The summed E-state index contributed by atoms with van der Waals surface area (Å²) in [7, 11) is 0. The van der Waals surface area contributed by atoms with E-state index < -0.39 is 17.7 Å². The number of ether oxygens (including phenoxy) is 2. The zero-order chi connectivity index (χ0) is 21.5. The van der Waals surface area contributed by atoms with Gasteiger partial charge in [0.2, 0.25) is 6.79 Å². The van der Waals surface area contributed by atoms with E-state index in [1.165, 1.54) is 4.90 Å². The maximum absolute atomic E-state index is 13.1. The van der Waals surface area contributed by atoms with Crippen LogP contribution in [0.2, 0.25) is 0 Å². The predicted molar refractivity (Wildman–Crippen MR) is 113 cm³/mol. The number of ketones is 1. The van der Waals surface area contributed by atoms with Gasteiger partial charge in [-0.1, -0.05) is 29.8 Å². The number of hydrogen-bond acceptors (Lipinski definition) is 6. The molecule has 1 saturated heterocycles. The number of fused-ring (bicyclic) bond motifs is 1. The molecule has 0 saturated carbocycles. The minimum atomic E-state index is -0.815. The number of Topliss-reactive ketones (excluding diaryl/α,β-unsaturated/α-hetero) is 1. The van der Waals surface area contributed by atoms with Gasteiger partial charge in [0.05, 0.1) is 11.6 Å². The first kappa shape index (κ1) is 18.9. The summed E-state index contributed by atoms with van der Waals surface area (Å²) in [5.74, 6) is -0.637. The molecule has 3 aromatic rings. The molecule has 1 N–H and O–H groups in total. The maximum atomic E-state index is 13.1. The van der Waals surface area contributed by atoms with Crippen LogP contribution < -0.4 is 14.4 Å². The van der Waals surface area contributed by atoms with Gasteiger partial charge in [-0.15, -0.1) is 0 Å². The molecule has 1 unspecified atom stereocenters. The molecule has 3 heterocycles. The molecule has 1 fully saturated rings. The lowest BCUT2D eigenvalue weighted by atomic mass is 9.95. The third kappa shape index (κ3) is 3.11. The van der Waals surface area contributed by atoms with Gasteiger partial charge < -0.3 is 14.6 Å². The first-order valence-electron chi connectivity index (χ1n) is 9.72. The third-order valence-corrected chi connectivity index (χ3v) is 5.43. The van der Waals surface area contributed by atoms with Crippen LogP contribution in [0.1, 0.15) is 22.7 Å². The first-order chi connectivity index (χ1) is 15.0. The van der Waals surface area contributed by atoms with Crippen LogP contribution in [0, 0.1) is 6.92 Å². The number of aryl methyl sites for hydroxylation is 1. The van der Waals surface area contributed by atoms with Crippen LogP contribution >= 0.6 is 0 Å². The third-order valence-electron chi connectivity index (χ3n) is 5.43. The SMILES string of the molecule is Cc1ccc(/C(O)=C2\C(=O)C(=O)N(c3ccc4c(c3)OCO4)C2c2ccncc2)cc1. The van der Waals surface area contributed by atoms with Crippen molar-refractivity contribution < 1.29 is 24.2 Å². The van der Waals surface area contributed by atoms with Crippen LogP contribution in [-0.4, -0.2) is 28.6 Å². The number of amides is 1. The monoisotopic (exact) mass is 414 g/mol. The minimum absolute atomic E-state index is 0.0257. The van der Waals surface area contributed by atoms with E-state index >= 15 is 0 Å². The average Bonchev–Trinajstić information content (AvgIpc) is 3.36. The highest BCUT2D eigenvalue weighted by Gasteiger charge is 2.47. The topological polar surface area (TPSA) is 89.0 Å². The van der Waals surface area contributed by atoms with Crippen molar-refractivity contribution in [2.75, 3.05) is 11.7 Å². The zero-order valence-corrected chi connectivity index (χ0v) is 16.6. The smallest absolute Gasteiger partial charge is 0.300 e. The number of carbonyl (C=O) groups is 2. The second kappa shape index (κ2) is 7.28. The Hall–Kier alpha value is -4.13. The maximum Gasteiger partial charge on any atom is 0.300 e. The van der Waals surface area contributed by atoms with E-state index in [1.54, 1.807) is 54.9 Å². The number of benzene rings is 2. The normalized spacial score (nSPS) is 19.1. The lowest BCUT2D eigenvalue weighted by molar-refractivity contribution is -0.132. The Bertz CT molecular complexity index is 1220. The number of carbonyl (C=O) groups excluding carboxylic acids is 2. The molecule has 2 aliphatic heterocycles. The van der Waals surface area contributed by atoms with Gasteiger partial charge in [0.25, 0.3) is 11.7 Å². The summed E-state index contributed by atoms with van der Waals surface area (Å²) in [6, 6.07) is 14.8. The number of anilines is 1. The molecule has 31 heavy (non-hydrogen) atoms. The second-order valence-electron chi connectivity index (χ2n) is 7.35. The number of rotatable bonds is 3. The van der Waals surface area contributed by atoms with Gasteiger partial charge in [0, 0.05) is 29.7 Å². The van der Waals surface area contributed by atoms with Crippen LogP contribution in [0.4, 0.5) is 5.69 Å². The fraction of sp³-hybridized carbons (Fsp3) is 0.125. The Morgan fingerprint density at radius 2 is 1.71 bits per heavy atom. The largest absolute Gasteiger partial charge is 0.507 e. The highest BCUT2D eigenvalue weighted by molar-refractivity contribution is 6.51. The predicted octanol–water partition coefficient (Wildman–Crippen LogP) is 3.75. The Morgan fingerprint density at radius 1 is 1.00 bits per heavy atom. The molecule has 1 aromatic heterocycles. The summed E-state index contributed by atoms with van der Waals surface area (Å²) >= 11 is 0. The molecule has 0 spiro atoms. The number of pyridine rings is 1. The molecule has 7 nitrogen and oxygen atoms in total. The van der Waals surface area contributed by atoms with E-state index in [4.69, 9.17) is 9.47 Å². The summed E-state index contributed by atoms with van der Waals surface area (Å²) in [5.41, 5.74) is 2.63. The van der Waals surface area contributed by atoms with Gasteiger partial charge in [0.1, 0.15) is 5.76 Å². The summed E-state index contributed by atoms with van der Waals surface area (Å²) in [4.78, 5) is 31.6. The minimum Gasteiger partial charge on any atom is -0.507 e. The quantitative estimate of drug-likeness (QED) is 0.399. The Balaban J connectivity index is 1.70. The van der Waals surface area contributed by atoms with Crippen molar-refractivity contribution in [3.05, 3.63) is 89.3 Å². The second-order valence-corrected chi connectivity index (χ2v) is 7.35. The summed E-state index contributed by atoms with van der Waals surface area (Å²) < 4.78 is 10.8. The van der Waals surface area contributed by atoms with Crippen LogP contribution in [0.15, 0.2) is 72.6 Å². The van der Waals surface area contributed by atoms with Crippen molar-refractivity contribution in [2.45, 2.75) is 13.0 Å². The molecule has 7 heteroatoms. The highest BCUT2D eigenvalue weighted by Crippen LogP contribution is 2.44. The van der Waals surface area contributed by atoms with Crippen LogP contribution in [-0.2, 0) is 9.59 Å². The van der Waals surface area contributed by atoms with Crippen molar-refractivity contribution >= 4 is 23.1 Å². The van der Waals surface area contributed by atoms with Gasteiger partial charge in [-0.05, 0) is 36.8 Å². The van der Waals surface area contributed by atoms with Crippen LogP contribution in [0.25, 0.3) is 5.76 Å². The molecule has 2 aliphatic rings. The number of hydrogen-bond donors (Lipinski definition) is 1. The lowest BCUT2D eigenvalue weighted by Gasteiger charge is -2.25. The zero-order valence-electron chi connectivity index (χ0n) is 16.6. The average molecular weight is 414 g/mol. The van der Waals surface area contributed by atoms with E-state index in [0.29, 0.717) is 28.3 Å². The summed E-state index contributed by atoms with van der Waals surface area (Å²) in [6.07, 6.45) is 3.17. The summed E-state index contributed by atoms with van der Waals surface area (Å²) in [5, 5.41) is 11.1. The van der Waals surface area contributed by atoms with E-state index in [1.807, 2.05) is 19.1 Å². The highest BCUT2D eigenvalue weighted by atomic mass is 16.7. The van der Waals surface area contributed by atoms with Crippen LogP contribution in [0.5, 0.6) is 11.5 Å². The van der Waals surface area contributed by atoms with Gasteiger partial charge in [-0.2, -0.15) is 0 Å². The number of nitrogens with zero attached hydrogens (tertiary/aromatic N) is 2.